The van der Waals surface area contributed by atoms with E-state index in [0.29, 0.717) is 12.5 Å². The molecule has 1 fully saturated rings. The van der Waals surface area contributed by atoms with Gasteiger partial charge in [0.15, 0.2) is 6.04 Å². The molecule has 1 aliphatic carbocycles. The number of hydrogen-bond donors (Lipinski definition) is 2. The van der Waals surface area contributed by atoms with E-state index in [1.54, 1.807) is 12.2 Å². The molecule has 35 heavy (non-hydrogen) atoms. The van der Waals surface area contributed by atoms with Gasteiger partial charge in [0.25, 0.3) is 0 Å². The van der Waals surface area contributed by atoms with Crippen molar-refractivity contribution in [1.29, 1.82) is 0 Å². The highest BCUT2D eigenvalue weighted by Crippen LogP contribution is 2.24. The summed E-state index contributed by atoms with van der Waals surface area (Å²) in [6, 6.07) is 7.48. The number of hydrogen-bond acceptors (Lipinski definition) is 7. The molecule has 3 N–H and O–H groups in total. The lowest BCUT2D eigenvalue weighted by Crippen LogP contribution is -2.43. The van der Waals surface area contributed by atoms with Gasteiger partial charge >= 0.3 is 17.3 Å². The molecule has 1 aliphatic heterocycles. The Hall–Kier alpha value is -3.05. The number of carbonyl (C=O) groups excluding carboxylic acids is 2. The molecule has 2 heterocycles. The summed E-state index contributed by atoms with van der Waals surface area (Å²) < 4.78 is 8.15. The normalized spacial score (nSPS) is 22.3. The summed E-state index contributed by atoms with van der Waals surface area (Å²) in [5.74, 6) is -0.587. The third-order valence-electron chi connectivity index (χ3n) is 6.61. The average Bonchev–Trinajstić information content (AvgIpc) is 3.14. The highest BCUT2D eigenvalue weighted by atomic mass is 32.2. The van der Waals surface area contributed by atoms with Crippen molar-refractivity contribution in [3.63, 3.8) is 0 Å². The minimum absolute atomic E-state index is 0.129. The molecule has 2 unspecified atom stereocenters. The largest absolute Gasteiger partial charge is 0.467 e. The summed E-state index contributed by atoms with van der Waals surface area (Å²) in [4.78, 5) is 53.2. The van der Waals surface area contributed by atoms with Crippen LogP contribution in [0.4, 0.5) is 0 Å². The van der Waals surface area contributed by atoms with Crippen LogP contribution in [-0.4, -0.2) is 51.3 Å². The fourth-order valence-corrected chi connectivity index (χ4v) is 5.59. The van der Waals surface area contributed by atoms with Crippen LogP contribution in [0, 0.1) is 5.92 Å². The first-order valence-electron chi connectivity index (χ1n) is 11.8. The highest BCUT2D eigenvalue weighted by molar-refractivity contribution is 7.99. The van der Waals surface area contributed by atoms with Gasteiger partial charge in [0.2, 0.25) is 5.91 Å². The van der Waals surface area contributed by atoms with Crippen molar-refractivity contribution in [3.05, 3.63) is 63.5 Å². The number of carbonyl (C=O) groups is 2. The molecular weight excluding hydrogens is 470 g/mol. The number of amides is 1. The quantitative estimate of drug-likeness (QED) is 0.314. The molecule has 0 radical (unpaired) electrons. The standard InChI is InChI=1S/C24H31N5O5S/c1-34-22(31)20(15-35-18-6-3-2-4-7-18)28-23(32)27-13-5-8-19(29(27)24(28)33)21(30)26-14-16-9-11-17(25)12-10-16/h2-8,16-17,19-20H,9-15,25H2,1H3,(H,26,30). The lowest BCUT2D eigenvalue weighted by atomic mass is 9.86. The van der Waals surface area contributed by atoms with Crippen LogP contribution in [0.25, 0.3) is 0 Å². The van der Waals surface area contributed by atoms with E-state index in [1.807, 2.05) is 30.3 Å². The molecule has 2 aliphatic rings. The Morgan fingerprint density at radius 2 is 1.86 bits per heavy atom. The minimum atomic E-state index is -1.13. The summed E-state index contributed by atoms with van der Waals surface area (Å²) in [5.41, 5.74) is 4.60. The zero-order chi connectivity index (χ0) is 24.9. The van der Waals surface area contributed by atoms with E-state index in [9.17, 15) is 19.2 Å². The van der Waals surface area contributed by atoms with Crippen molar-refractivity contribution >= 4 is 23.6 Å². The maximum atomic E-state index is 13.4. The van der Waals surface area contributed by atoms with Gasteiger partial charge < -0.3 is 15.8 Å². The van der Waals surface area contributed by atoms with Gasteiger partial charge in [-0.15, -0.1) is 11.8 Å². The monoisotopic (exact) mass is 501 g/mol. The van der Waals surface area contributed by atoms with Gasteiger partial charge in [0, 0.05) is 23.2 Å². The molecule has 0 saturated heterocycles. The Bertz CT molecular complexity index is 1190. The molecule has 2 aromatic rings. The molecule has 0 bridgehead atoms. The van der Waals surface area contributed by atoms with Gasteiger partial charge in [-0.2, -0.15) is 0 Å². The van der Waals surface area contributed by atoms with Crippen LogP contribution in [0.3, 0.4) is 0 Å². The van der Waals surface area contributed by atoms with E-state index in [4.69, 9.17) is 10.5 Å². The molecule has 4 rings (SSSR count). The third kappa shape index (κ3) is 5.46. The number of nitrogens with zero attached hydrogens (tertiary/aromatic N) is 3. The van der Waals surface area contributed by atoms with Crippen LogP contribution in [0.5, 0.6) is 0 Å². The second-order valence-electron chi connectivity index (χ2n) is 8.92. The van der Waals surface area contributed by atoms with Crippen molar-refractivity contribution < 1.29 is 14.3 Å². The predicted molar refractivity (Wildman–Crippen MR) is 132 cm³/mol. The summed E-state index contributed by atoms with van der Waals surface area (Å²) >= 11 is 1.34. The molecule has 1 aromatic heterocycles. The van der Waals surface area contributed by atoms with Crippen LogP contribution >= 0.6 is 11.8 Å². The summed E-state index contributed by atoms with van der Waals surface area (Å²) in [6.07, 6.45) is 7.05. The van der Waals surface area contributed by atoms with E-state index >= 15 is 0 Å². The topological polar surface area (TPSA) is 130 Å². The number of benzene rings is 1. The summed E-state index contributed by atoms with van der Waals surface area (Å²) in [6.45, 7) is 0.624. The zero-order valence-electron chi connectivity index (χ0n) is 19.7. The molecule has 1 amide bonds. The van der Waals surface area contributed by atoms with Gasteiger partial charge in [-0.25, -0.2) is 28.3 Å². The SMILES string of the molecule is COC(=O)C(CSc1ccccc1)n1c(=O)n2n(c1=O)C(C(=O)NCC1CCC(N)CC1)C=CC2. The van der Waals surface area contributed by atoms with Crippen LogP contribution in [0.2, 0.25) is 0 Å². The van der Waals surface area contributed by atoms with Gasteiger partial charge in [-0.1, -0.05) is 30.4 Å². The maximum absolute atomic E-state index is 13.4. The van der Waals surface area contributed by atoms with Crippen molar-refractivity contribution in [2.75, 3.05) is 19.4 Å². The molecule has 1 saturated carbocycles. The number of methoxy groups -OCH3 is 1. The predicted octanol–water partition coefficient (Wildman–Crippen LogP) is 1.06. The van der Waals surface area contributed by atoms with Crippen LogP contribution in [0.1, 0.15) is 37.8 Å². The number of aromatic nitrogens is 3. The number of ether oxygens (including phenoxy) is 1. The molecule has 1 aromatic carbocycles. The van der Waals surface area contributed by atoms with E-state index in [1.165, 1.54) is 23.6 Å². The number of rotatable bonds is 8. The Labute approximate surface area is 207 Å². The van der Waals surface area contributed by atoms with Gasteiger partial charge in [-0.3, -0.25) is 4.79 Å². The van der Waals surface area contributed by atoms with Crippen molar-refractivity contribution in [1.82, 2.24) is 19.2 Å². The van der Waals surface area contributed by atoms with Gasteiger partial charge in [0.05, 0.1) is 13.7 Å². The summed E-state index contributed by atoms with van der Waals surface area (Å²) in [7, 11) is 1.22. The average molecular weight is 502 g/mol. The fourth-order valence-electron chi connectivity index (χ4n) is 4.60. The number of nitrogens with one attached hydrogen (secondary N) is 1. The Balaban J connectivity index is 1.56. The lowest BCUT2D eigenvalue weighted by Gasteiger charge is -2.27. The maximum Gasteiger partial charge on any atom is 0.349 e. The first-order chi connectivity index (χ1) is 16.9. The second-order valence-corrected chi connectivity index (χ2v) is 10.0. The Morgan fingerprint density at radius 3 is 2.54 bits per heavy atom. The molecular formula is C24H31N5O5S. The van der Waals surface area contributed by atoms with Crippen molar-refractivity contribution in [3.8, 4) is 0 Å². The van der Waals surface area contributed by atoms with E-state index in [2.05, 4.69) is 5.32 Å². The first kappa shape index (κ1) is 25.1. The highest BCUT2D eigenvalue weighted by Gasteiger charge is 2.34. The van der Waals surface area contributed by atoms with Crippen LogP contribution in [-0.2, 0) is 20.9 Å². The first-order valence-corrected chi connectivity index (χ1v) is 12.8. The van der Waals surface area contributed by atoms with Crippen LogP contribution in [0.15, 0.2) is 57.0 Å². The molecule has 2 atom stereocenters. The molecule has 188 valence electrons. The van der Waals surface area contributed by atoms with E-state index < -0.39 is 29.4 Å². The molecule has 10 nitrogen and oxygen atoms in total. The smallest absolute Gasteiger partial charge is 0.349 e. The number of esters is 1. The Morgan fingerprint density at radius 1 is 1.14 bits per heavy atom. The Kier molecular flexibility index (Phi) is 7.97. The molecule has 0 spiro atoms. The van der Waals surface area contributed by atoms with Crippen molar-refractivity contribution in [2.45, 2.75) is 55.2 Å². The summed E-state index contributed by atoms with van der Waals surface area (Å²) in [5, 5.41) is 2.93. The van der Waals surface area contributed by atoms with Crippen LogP contribution < -0.4 is 22.4 Å². The second kappa shape index (κ2) is 11.1. The number of nitrogens with two attached hydrogens (primary N) is 1. The minimum Gasteiger partial charge on any atom is -0.467 e. The number of fused-ring (bicyclic) bond motifs is 1. The van der Waals surface area contributed by atoms with E-state index in [-0.39, 0.29) is 24.2 Å². The number of thioether (sulfide) groups is 1. The third-order valence-corrected chi connectivity index (χ3v) is 7.70. The fraction of sp³-hybridized carbons (Fsp3) is 0.500. The van der Waals surface area contributed by atoms with Gasteiger partial charge in [0.1, 0.15) is 6.04 Å². The van der Waals surface area contributed by atoms with Crippen molar-refractivity contribution in [2.24, 2.45) is 11.7 Å². The van der Waals surface area contributed by atoms with Gasteiger partial charge in [-0.05, 0) is 43.7 Å². The van der Waals surface area contributed by atoms with E-state index in [0.717, 1.165) is 39.8 Å². The zero-order valence-corrected chi connectivity index (χ0v) is 20.5. The molecule has 11 heteroatoms. The lowest BCUT2D eigenvalue weighted by molar-refractivity contribution is -0.144. The number of allylic oxidation sites excluding steroid dienone is 1.